The van der Waals surface area contributed by atoms with Gasteiger partial charge in [-0.25, -0.2) is 9.97 Å². The molecule has 4 heteroatoms. The molecule has 12 heavy (non-hydrogen) atoms. The van der Waals surface area contributed by atoms with Gasteiger partial charge in [-0.3, -0.25) is 4.40 Å². The average molecular weight is 163 g/mol. The molecule has 0 atom stereocenters. The number of aliphatic hydroxyl groups is 1. The minimum Gasteiger partial charge on any atom is -0.390 e. The number of imidazole rings is 1. The largest absolute Gasteiger partial charge is 0.390 e. The third kappa shape index (κ3) is 0.967. The van der Waals surface area contributed by atoms with E-state index in [1.54, 1.807) is 16.8 Å². The molecule has 62 valence electrons. The van der Waals surface area contributed by atoms with Gasteiger partial charge in [0.2, 0.25) is 5.78 Å². The summed E-state index contributed by atoms with van der Waals surface area (Å²) in [6.45, 7) is 1.94. The summed E-state index contributed by atoms with van der Waals surface area (Å²) in [7, 11) is 0. The molecule has 0 fully saturated rings. The molecule has 1 N–H and O–H groups in total. The van der Waals surface area contributed by atoms with Crippen LogP contribution < -0.4 is 0 Å². The highest BCUT2D eigenvalue weighted by Crippen LogP contribution is 2.04. The van der Waals surface area contributed by atoms with Gasteiger partial charge in [0.05, 0.1) is 18.5 Å². The van der Waals surface area contributed by atoms with Gasteiger partial charge in [-0.15, -0.1) is 0 Å². The van der Waals surface area contributed by atoms with Gasteiger partial charge in [0.25, 0.3) is 0 Å². The van der Waals surface area contributed by atoms with E-state index in [-0.39, 0.29) is 6.61 Å². The predicted molar refractivity (Wildman–Crippen MR) is 43.6 cm³/mol. The molecule has 0 saturated carbocycles. The third-order valence-electron chi connectivity index (χ3n) is 1.73. The van der Waals surface area contributed by atoms with E-state index in [2.05, 4.69) is 9.97 Å². The molecule has 0 aliphatic carbocycles. The predicted octanol–water partition coefficient (Wildman–Crippen LogP) is 0.530. The maximum Gasteiger partial charge on any atom is 0.233 e. The summed E-state index contributed by atoms with van der Waals surface area (Å²) >= 11 is 0. The van der Waals surface area contributed by atoms with Crippen LogP contribution in [0, 0.1) is 6.92 Å². The van der Waals surface area contributed by atoms with Gasteiger partial charge in [-0.05, 0) is 12.5 Å². The minimum absolute atomic E-state index is 0.00764. The lowest BCUT2D eigenvalue weighted by Gasteiger charge is -1.97. The smallest absolute Gasteiger partial charge is 0.233 e. The van der Waals surface area contributed by atoms with E-state index in [1.807, 2.05) is 13.1 Å². The Morgan fingerprint density at radius 1 is 1.42 bits per heavy atom. The Hall–Kier alpha value is -1.42. The van der Waals surface area contributed by atoms with Crippen molar-refractivity contribution >= 4 is 5.78 Å². The molecule has 2 rings (SSSR count). The van der Waals surface area contributed by atoms with E-state index in [4.69, 9.17) is 5.11 Å². The molecule has 0 spiro atoms. The van der Waals surface area contributed by atoms with Crippen LogP contribution in [0.2, 0.25) is 0 Å². The van der Waals surface area contributed by atoms with Crippen molar-refractivity contribution in [3.8, 4) is 0 Å². The molecule has 0 saturated heterocycles. The van der Waals surface area contributed by atoms with Crippen LogP contribution in [-0.4, -0.2) is 19.5 Å². The molecule has 4 nitrogen and oxygen atoms in total. The Labute approximate surface area is 69.5 Å². The Kier molecular flexibility index (Phi) is 1.55. The lowest BCUT2D eigenvalue weighted by atomic mass is 10.4. The number of aryl methyl sites for hydroxylation is 1. The topological polar surface area (TPSA) is 50.4 Å². The van der Waals surface area contributed by atoms with Crippen molar-refractivity contribution in [1.82, 2.24) is 14.4 Å². The van der Waals surface area contributed by atoms with E-state index in [0.29, 0.717) is 5.78 Å². The molecule has 0 radical (unpaired) electrons. The van der Waals surface area contributed by atoms with Gasteiger partial charge < -0.3 is 5.11 Å². The summed E-state index contributed by atoms with van der Waals surface area (Å²) in [5, 5.41) is 8.93. The monoisotopic (exact) mass is 163 g/mol. The highest BCUT2D eigenvalue weighted by atomic mass is 16.3. The molecular formula is C8H9N3O. The number of aliphatic hydroxyl groups excluding tert-OH is 1. The van der Waals surface area contributed by atoms with Crippen LogP contribution in [0.1, 0.15) is 11.3 Å². The van der Waals surface area contributed by atoms with E-state index >= 15 is 0 Å². The molecule has 0 aliphatic heterocycles. The number of aromatic nitrogens is 3. The average Bonchev–Trinajstić information content (AvgIpc) is 2.46. The molecular weight excluding hydrogens is 154 g/mol. The first-order chi connectivity index (χ1) is 5.81. The fourth-order valence-electron chi connectivity index (χ4n) is 1.13. The number of hydrogen-bond acceptors (Lipinski definition) is 3. The number of nitrogens with zero attached hydrogens (tertiary/aromatic N) is 3. The summed E-state index contributed by atoms with van der Waals surface area (Å²) in [5.74, 6) is 0.629. The maximum absolute atomic E-state index is 8.93. The van der Waals surface area contributed by atoms with E-state index < -0.39 is 0 Å². The Morgan fingerprint density at radius 2 is 2.17 bits per heavy atom. The molecule has 0 bridgehead atoms. The van der Waals surface area contributed by atoms with Crippen LogP contribution in [0.5, 0.6) is 0 Å². The van der Waals surface area contributed by atoms with E-state index in [0.717, 1.165) is 11.3 Å². The first-order valence-electron chi connectivity index (χ1n) is 3.70. The number of fused-ring (bicyclic) bond motifs is 1. The second kappa shape index (κ2) is 2.57. The number of rotatable bonds is 1. The standard InChI is InChI=1S/C8H9N3O/c1-6-2-9-8-10-3-7(5-12)11(8)4-6/h2-4,12H,5H2,1H3. The van der Waals surface area contributed by atoms with Crippen molar-refractivity contribution in [3.63, 3.8) is 0 Å². The second-order valence-electron chi connectivity index (χ2n) is 2.71. The lowest BCUT2D eigenvalue weighted by molar-refractivity contribution is 0.275. The lowest BCUT2D eigenvalue weighted by Crippen LogP contribution is -1.94. The molecule has 2 aromatic heterocycles. The summed E-state index contributed by atoms with van der Waals surface area (Å²) in [6.07, 6.45) is 5.28. The molecule has 0 unspecified atom stereocenters. The van der Waals surface area contributed by atoms with Crippen LogP contribution in [0.25, 0.3) is 5.78 Å². The van der Waals surface area contributed by atoms with Gasteiger partial charge in [-0.1, -0.05) is 0 Å². The molecule has 0 amide bonds. The first kappa shape index (κ1) is 7.24. The van der Waals surface area contributed by atoms with Crippen molar-refractivity contribution < 1.29 is 5.11 Å². The Morgan fingerprint density at radius 3 is 2.92 bits per heavy atom. The van der Waals surface area contributed by atoms with Crippen LogP contribution in [0.15, 0.2) is 18.6 Å². The van der Waals surface area contributed by atoms with Crippen molar-refractivity contribution in [2.75, 3.05) is 0 Å². The minimum atomic E-state index is -0.00764. The Balaban J connectivity index is 2.75. The summed E-state index contributed by atoms with van der Waals surface area (Å²) in [6, 6.07) is 0. The zero-order valence-corrected chi connectivity index (χ0v) is 6.73. The van der Waals surface area contributed by atoms with Crippen molar-refractivity contribution in [2.45, 2.75) is 13.5 Å². The van der Waals surface area contributed by atoms with Crippen molar-refractivity contribution in [1.29, 1.82) is 0 Å². The van der Waals surface area contributed by atoms with Gasteiger partial charge in [0.1, 0.15) is 0 Å². The normalized spacial score (nSPS) is 10.8. The highest BCUT2D eigenvalue weighted by Gasteiger charge is 2.01. The maximum atomic E-state index is 8.93. The third-order valence-corrected chi connectivity index (χ3v) is 1.73. The van der Waals surface area contributed by atoms with Crippen LogP contribution >= 0.6 is 0 Å². The SMILES string of the molecule is Cc1cnc2ncc(CO)n2c1. The zero-order valence-electron chi connectivity index (χ0n) is 6.73. The van der Waals surface area contributed by atoms with Crippen LogP contribution in [-0.2, 0) is 6.61 Å². The number of hydrogen-bond donors (Lipinski definition) is 1. The van der Waals surface area contributed by atoms with E-state index in [1.165, 1.54) is 0 Å². The van der Waals surface area contributed by atoms with Crippen molar-refractivity contribution in [2.24, 2.45) is 0 Å². The van der Waals surface area contributed by atoms with Gasteiger partial charge in [0, 0.05) is 12.4 Å². The Bertz CT molecular complexity index is 408. The quantitative estimate of drug-likeness (QED) is 0.667. The summed E-state index contributed by atoms with van der Waals surface area (Å²) < 4.78 is 1.79. The molecule has 2 heterocycles. The fourth-order valence-corrected chi connectivity index (χ4v) is 1.13. The molecule has 2 aromatic rings. The summed E-state index contributed by atoms with van der Waals surface area (Å²) in [4.78, 5) is 8.11. The zero-order chi connectivity index (χ0) is 8.55. The first-order valence-corrected chi connectivity index (χ1v) is 3.70. The van der Waals surface area contributed by atoms with Gasteiger partial charge in [-0.2, -0.15) is 0 Å². The van der Waals surface area contributed by atoms with Crippen LogP contribution in [0.3, 0.4) is 0 Å². The van der Waals surface area contributed by atoms with Gasteiger partial charge in [0.15, 0.2) is 0 Å². The van der Waals surface area contributed by atoms with E-state index in [9.17, 15) is 0 Å². The molecule has 0 aliphatic rings. The van der Waals surface area contributed by atoms with Gasteiger partial charge >= 0.3 is 0 Å². The molecule has 0 aromatic carbocycles. The fraction of sp³-hybridized carbons (Fsp3) is 0.250. The van der Waals surface area contributed by atoms with Crippen molar-refractivity contribution in [3.05, 3.63) is 29.8 Å². The summed E-state index contributed by atoms with van der Waals surface area (Å²) in [5.41, 5.74) is 1.82. The van der Waals surface area contributed by atoms with Crippen LogP contribution in [0.4, 0.5) is 0 Å². The highest BCUT2D eigenvalue weighted by molar-refractivity contribution is 5.31. The second-order valence-corrected chi connectivity index (χ2v) is 2.71.